The molecule has 164 valence electrons. The number of phenols is 1. The first-order chi connectivity index (χ1) is 16.0. The van der Waals surface area contributed by atoms with Crippen LogP contribution < -0.4 is 10.6 Å². The van der Waals surface area contributed by atoms with Gasteiger partial charge in [0.05, 0.1) is 17.5 Å². The maximum Gasteiger partial charge on any atom is 0.255 e. The number of rotatable bonds is 4. The van der Waals surface area contributed by atoms with Crippen LogP contribution in [0.15, 0.2) is 84.3 Å². The Morgan fingerprint density at radius 1 is 1.12 bits per heavy atom. The van der Waals surface area contributed by atoms with E-state index in [1.165, 1.54) is 0 Å². The largest absolute Gasteiger partial charge is 0.508 e. The molecule has 5 rings (SSSR count). The van der Waals surface area contributed by atoms with Crippen molar-refractivity contribution < 1.29 is 9.90 Å². The molecule has 3 heterocycles. The van der Waals surface area contributed by atoms with Crippen LogP contribution in [0.5, 0.6) is 5.75 Å². The zero-order valence-electron chi connectivity index (χ0n) is 17.5. The number of phenolic OH excluding ortho intramolecular Hbond substituents is 1. The summed E-state index contributed by atoms with van der Waals surface area (Å²) in [5.74, 6) is 0.860. The first-order valence-corrected chi connectivity index (χ1v) is 10.6. The molecule has 0 spiro atoms. The first-order valence-electron chi connectivity index (χ1n) is 10.2. The van der Waals surface area contributed by atoms with Gasteiger partial charge in [-0.2, -0.15) is 4.98 Å². The Kier molecular flexibility index (Phi) is 5.27. The van der Waals surface area contributed by atoms with Crippen LogP contribution in [0.25, 0.3) is 11.4 Å². The van der Waals surface area contributed by atoms with Crippen LogP contribution in [0.2, 0.25) is 5.02 Å². The average molecular weight is 459 g/mol. The van der Waals surface area contributed by atoms with Gasteiger partial charge in [0.25, 0.3) is 5.91 Å². The number of amides is 1. The number of carbonyl (C=O) groups excluding carboxylic acids is 1. The van der Waals surface area contributed by atoms with E-state index >= 15 is 0 Å². The van der Waals surface area contributed by atoms with E-state index in [4.69, 9.17) is 16.7 Å². The molecule has 2 aromatic carbocycles. The lowest BCUT2D eigenvalue weighted by Crippen LogP contribution is -2.31. The monoisotopic (exact) mass is 458 g/mol. The van der Waals surface area contributed by atoms with E-state index in [1.807, 2.05) is 19.1 Å². The number of nitrogens with zero attached hydrogens (tertiary/aromatic N) is 4. The van der Waals surface area contributed by atoms with Crippen molar-refractivity contribution in [2.45, 2.75) is 13.0 Å². The van der Waals surface area contributed by atoms with Gasteiger partial charge in [0, 0.05) is 22.5 Å². The molecule has 1 aliphatic heterocycles. The van der Waals surface area contributed by atoms with Crippen molar-refractivity contribution in [1.29, 1.82) is 0 Å². The number of halogens is 1. The third-order valence-corrected chi connectivity index (χ3v) is 5.58. The van der Waals surface area contributed by atoms with Crippen molar-refractivity contribution in [1.82, 2.24) is 19.7 Å². The van der Waals surface area contributed by atoms with Crippen molar-refractivity contribution in [2.75, 3.05) is 10.6 Å². The summed E-state index contributed by atoms with van der Waals surface area (Å²) < 4.78 is 1.69. The van der Waals surface area contributed by atoms with Crippen molar-refractivity contribution in [3.8, 4) is 17.1 Å². The number of nitrogens with one attached hydrogen (secondary N) is 2. The van der Waals surface area contributed by atoms with Crippen LogP contribution in [0.3, 0.4) is 0 Å². The Balaban J connectivity index is 1.60. The molecule has 0 saturated heterocycles. The highest BCUT2D eigenvalue weighted by atomic mass is 35.5. The van der Waals surface area contributed by atoms with Gasteiger partial charge >= 0.3 is 0 Å². The van der Waals surface area contributed by atoms with Crippen LogP contribution in [0, 0.1) is 0 Å². The summed E-state index contributed by atoms with van der Waals surface area (Å²) in [6.45, 7) is 1.83. The lowest BCUT2D eigenvalue weighted by Gasteiger charge is -2.28. The smallest absolute Gasteiger partial charge is 0.255 e. The minimum atomic E-state index is -0.534. The van der Waals surface area contributed by atoms with Gasteiger partial charge in [0.1, 0.15) is 11.8 Å². The number of anilines is 2. The Labute approximate surface area is 194 Å². The highest BCUT2D eigenvalue weighted by Crippen LogP contribution is 2.37. The molecule has 9 heteroatoms. The fraction of sp³-hybridized carbons (Fsp3) is 0.0833. The predicted octanol–water partition coefficient (Wildman–Crippen LogP) is 4.63. The molecule has 0 saturated carbocycles. The van der Waals surface area contributed by atoms with E-state index in [0.29, 0.717) is 33.8 Å². The van der Waals surface area contributed by atoms with Crippen LogP contribution in [-0.4, -0.2) is 30.8 Å². The van der Waals surface area contributed by atoms with Gasteiger partial charge in [-0.25, -0.2) is 4.68 Å². The quantitative estimate of drug-likeness (QED) is 0.412. The molecule has 0 bridgehead atoms. The van der Waals surface area contributed by atoms with E-state index in [9.17, 15) is 9.90 Å². The van der Waals surface area contributed by atoms with Gasteiger partial charge in [-0.05, 0) is 61.0 Å². The van der Waals surface area contributed by atoms with Gasteiger partial charge < -0.3 is 15.7 Å². The van der Waals surface area contributed by atoms with Crippen LogP contribution >= 0.6 is 11.6 Å². The lowest BCUT2D eigenvalue weighted by molar-refractivity contribution is -0.113. The average Bonchev–Trinajstić information content (AvgIpc) is 3.23. The number of aromatic nitrogens is 4. The van der Waals surface area contributed by atoms with Gasteiger partial charge in [-0.1, -0.05) is 23.7 Å². The molecule has 1 atom stereocenters. The minimum absolute atomic E-state index is 0.159. The molecule has 4 aromatic rings. The van der Waals surface area contributed by atoms with Crippen LogP contribution in [0.4, 0.5) is 11.6 Å². The van der Waals surface area contributed by atoms with Gasteiger partial charge in [-0.15, -0.1) is 5.10 Å². The summed E-state index contributed by atoms with van der Waals surface area (Å²) in [5, 5.41) is 21.0. The fourth-order valence-electron chi connectivity index (χ4n) is 3.77. The molecule has 1 aliphatic rings. The van der Waals surface area contributed by atoms with Crippen LogP contribution in [0.1, 0.15) is 18.5 Å². The first kappa shape index (κ1) is 20.7. The molecule has 1 amide bonds. The van der Waals surface area contributed by atoms with Crippen molar-refractivity contribution in [3.05, 3.63) is 94.9 Å². The van der Waals surface area contributed by atoms with Crippen LogP contribution in [-0.2, 0) is 4.79 Å². The van der Waals surface area contributed by atoms with Gasteiger partial charge in [0.2, 0.25) is 5.95 Å². The molecule has 0 radical (unpaired) electrons. The third-order valence-electron chi connectivity index (χ3n) is 5.33. The number of fused-ring (bicyclic) bond motifs is 1. The second kappa shape index (κ2) is 8.40. The van der Waals surface area contributed by atoms with E-state index in [0.717, 1.165) is 11.1 Å². The molecule has 0 fully saturated rings. The number of aromatic hydroxyl groups is 1. The third kappa shape index (κ3) is 4.04. The topological polar surface area (TPSA) is 105 Å². The van der Waals surface area contributed by atoms with E-state index in [2.05, 4.69) is 20.6 Å². The molecule has 1 unspecified atom stereocenters. The summed E-state index contributed by atoms with van der Waals surface area (Å²) in [7, 11) is 0. The standard InChI is InChI=1S/C24H19ClN6O2/c1-14-20(23(33)28-18-3-2-12-26-13-18)21(15-4-8-17(25)9-5-15)31-24(27-14)29-22(30-31)16-6-10-19(32)11-7-16/h2-13,21,32H,1H3,(H,28,33)(H,27,29,30). The molecular formula is C24H19ClN6O2. The Bertz CT molecular complexity index is 1350. The highest BCUT2D eigenvalue weighted by Gasteiger charge is 2.34. The van der Waals surface area contributed by atoms with E-state index < -0.39 is 6.04 Å². The predicted molar refractivity (Wildman–Crippen MR) is 126 cm³/mol. The maximum atomic E-state index is 13.4. The van der Waals surface area contributed by atoms with Crippen molar-refractivity contribution >= 4 is 29.1 Å². The molecular weight excluding hydrogens is 440 g/mol. The minimum Gasteiger partial charge on any atom is -0.508 e. The molecule has 0 aliphatic carbocycles. The number of allylic oxidation sites excluding steroid dienone is 1. The van der Waals surface area contributed by atoms with Crippen molar-refractivity contribution in [2.24, 2.45) is 0 Å². The summed E-state index contributed by atoms with van der Waals surface area (Å²) in [4.78, 5) is 22.1. The number of pyridine rings is 1. The summed E-state index contributed by atoms with van der Waals surface area (Å²) >= 11 is 6.12. The zero-order valence-corrected chi connectivity index (χ0v) is 18.3. The van der Waals surface area contributed by atoms with E-state index in [-0.39, 0.29) is 11.7 Å². The van der Waals surface area contributed by atoms with Gasteiger partial charge in [-0.3, -0.25) is 9.78 Å². The summed E-state index contributed by atoms with van der Waals surface area (Å²) in [6.07, 6.45) is 3.23. The second-order valence-electron chi connectivity index (χ2n) is 7.56. The molecule has 3 N–H and O–H groups in total. The lowest BCUT2D eigenvalue weighted by atomic mass is 9.95. The summed E-state index contributed by atoms with van der Waals surface area (Å²) in [6, 6.07) is 16.9. The molecule has 8 nitrogen and oxygen atoms in total. The fourth-order valence-corrected chi connectivity index (χ4v) is 3.89. The molecule has 33 heavy (non-hydrogen) atoms. The number of hydrogen-bond acceptors (Lipinski definition) is 6. The SMILES string of the molecule is CC1=C(C(=O)Nc2cccnc2)C(c2ccc(Cl)cc2)n2nc(-c3ccc(O)cc3)nc2N1. The number of benzene rings is 2. The summed E-state index contributed by atoms with van der Waals surface area (Å²) in [5.41, 5.74) is 3.32. The Hall–Kier alpha value is -4.17. The molecule has 2 aromatic heterocycles. The van der Waals surface area contributed by atoms with Crippen molar-refractivity contribution in [3.63, 3.8) is 0 Å². The van der Waals surface area contributed by atoms with E-state index in [1.54, 1.807) is 65.6 Å². The second-order valence-corrected chi connectivity index (χ2v) is 8.00. The Morgan fingerprint density at radius 3 is 2.58 bits per heavy atom. The van der Waals surface area contributed by atoms with Gasteiger partial charge in [0.15, 0.2) is 5.82 Å². The highest BCUT2D eigenvalue weighted by molar-refractivity contribution is 6.30. The Morgan fingerprint density at radius 2 is 1.88 bits per heavy atom. The maximum absolute atomic E-state index is 13.4. The normalized spacial score (nSPS) is 15.0. The number of carbonyl (C=O) groups is 1. The zero-order chi connectivity index (χ0) is 22.9. The number of hydrogen-bond donors (Lipinski definition) is 3.